The van der Waals surface area contributed by atoms with Gasteiger partial charge < -0.3 is 9.90 Å². The summed E-state index contributed by atoms with van der Waals surface area (Å²) < 4.78 is 0. The minimum absolute atomic E-state index is 0. The maximum Gasteiger partial charge on any atom is 1.00 e. The third-order valence-corrected chi connectivity index (χ3v) is 0.381. The van der Waals surface area contributed by atoms with Gasteiger partial charge in [-0.2, -0.15) is 5.26 Å². The summed E-state index contributed by atoms with van der Waals surface area (Å²) >= 11 is 0. The van der Waals surface area contributed by atoms with Crippen LogP contribution in [0.2, 0.25) is 0 Å². The second-order valence-electron chi connectivity index (χ2n) is 0.878. The Kier molecular flexibility index (Phi) is 6.45. The molecule has 0 aliphatic carbocycles. The van der Waals surface area contributed by atoms with E-state index in [-0.39, 0.29) is 29.6 Å². The molecule has 0 amide bonds. The molecule has 0 aromatic heterocycles. The molecule has 0 spiro atoms. The van der Waals surface area contributed by atoms with Crippen molar-refractivity contribution in [3.8, 4) is 6.07 Å². The smallest absolute Gasteiger partial charge is 0.544 e. The summed E-state index contributed by atoms with van der Waals surface area (Å²) in [6.45, 7) is 2.85. The Morgan fingerprint density at radius 1 is 1.75 bits per heavy atom. The molecule has 0 rings (SSSR count). The van der Waals surface area contributed by atoms with E-state index >= 15 is 0 Å². The third-order valence-electron chi connectivity index (χ3n) is 0.381. The van der Waals surface area contributed by atoms with Gasteiger partial charge in [-0.3, -0.25) is 0 Å². The fraction of sp³-hybridized carbons (Fsp3) is 0. The summed E-state index contributed by atoms with van der Waals surface area (Å²) in [5, 5.41) is 17.2. The fourth-order valence-corrected chi connectivity index (χ4v) is 0.0456. The van der Waals surface area contributed by atoms with Crippen molar-refractivity contribution < 1.29 is 39.5 Å². The topological polar surface area (TPSA) is 63.9 Å². The van der Waals surface area contributed by atoms with Crippen LogP contribution in [0.4, 0.5) is 0 Å². The van der Waals surface area contributed by atoms with Gasteiger partial charge in [-0.05, 0) is 0 Å². The zero-order valence-electron chi connectivity index (χ0n) is 4.47. The monoisotopic (exact) mass is 119 g/mol. The number of nitrogens with zero attached hydrogens (tertiary/aromatic N) is 1. The molecule has 0 saturated carbocycles. The predicted molar refractivity (Wildman–Crippen MR) is 19.8 cm³/mol. The predicted octanol–water partition coefficient (Wildman–Crippen LogP) is -4.18. The van der Waals surface area contributed by atoms with Crippen LogP contribution in [-0.2, 0) is 4.79 Å². The van der Waals surface area contributed by atoms with Crippen molar-refractivity contribution in [3.05, 3.63) is 12.2 Å². The van der Waals surface area contributed by atoms with Crippen LogP contribution < -0.4 is 34.7 Å². The van der Waals surface area contributed by atoms with Crippen molar-refractivity contribution in [2.24, 2.45) is 0 Å². The number of carboxylic acid groups (broad SMARTS) is 1. The van der Waals surface area contributed by atoms with Crippen molar-refractivity contribution in [1.29, 1.82) is 5.26 Å². The van der Waals surface area contributed by atoms with Gasteiger partial charge in [-0.1, -0.05) is 6.58 Å². The molecule has 0 aromatic carbocycles. The maximum absolute atomic E-state index is 9.50. The van der Waals surface area contributed by atoms with Crippen molar-refractivity contribution in [1.82, 2.24) is 0 Å². The molecule has 0 aromatic rings. The molecule has 8 heavy (non-hydrogen) atoms. The fourth-order valence-electron chi connectivity index (χ4n) is 0.0456. The Balaban J connectivity index is 0. The molecule has 0 atom stereocenters. The molecule has 4 heteroatoms. The Bertz CT molecular complexity index is 147. The first-order chi connectivity index (χ1) is 3.18. The molecule has 0 aliphatic heterocycles. The quantitative estimate of drug-likeness (QED) is 0.200. The summed E-state index contributed by atoms with van der Waals surface area (Å²) in [6, 6.07) is 1.31. The van der Waals surface area contributed by atoms with Crippen molar-refractivity contribution in [3.63, 3.8) is 0 Å². The summed E-state index contributed by atoms with van der Waals surface area (Å²) in [4.78, 5) is 9.50. The van der Waals surface area contributed by atoms with Crippen molar-refractivity contribution in [2.75, 3.05) is 0 Å². The molecule has 0 aliphatic rings. The van der Waals surface area contributed by atoms with Gasteiger partial charge in [-0.15, -0.1) is 0 Å². The molecular formula is C4H2NNaO2. The average Bonchev–Trinajstić information content (AvgIpc) is 1.65. The molecule has 3 nitrogen and oxygen atoms in total. The molecule has 0 bridgehead atoms. The first-order valence-corrected chi connectivity index (χ1v) is 1.49. The summed E-state index contributed by atoms with van der Waals surface area (Å²) in [6.07, 6.45) is 0. The van der Waals surface area contributed by atoms with E-state index in [1.807, 2.05) is 0 Å². The summed E-state index contributed by atoms with van der Waals surface area (Å²) in [5.41, 5.74) is -0.542. The van der Waals surface area contributed by atoms with Crippen LogP contribution in [0.3, 0.4) is 0 Å². The second kappa shape index (κ2) is 4.85. The summed E-state index contributed by atoms with van der Waals surface area (Å²) in [5.74, 6) is -1.51. The molecule has 0 unspecified atom stereocenters. The zero-order valence-corrected chi connectivity index (χ0v) is 6.47. The number of hydrogen-bond donors (Lipinski definition) is 0. The van der Waals surface area contributed by atoms with Gasteiger partial charge in [0.05, 0.1) is 11.5 Å². The Labute approximate surface area is 68.9 Å². The van der Waals surface area contributed by atoms with Gasteiger partial charge in [-0.25, -0.2) is 0 Å². The molecule has 0 saturated heterocycles. The molecule has 0 radical (unpaired) electrons. The SMILES string of the molecule is C=C(C#N)C(=O)[O-].[Na+]. The van der Waals surface area contributed by atoms with Gasteiger partial charge in [0.15, 0.2) is 0 Å². The maximum atomic E-state index is 9.50. The minimum Gasteiger partial charge on any atom is -0.544 e. The normalized spacial score (nSPS) is 5.88. The number of carbonyl (C=O) groups is 1. The number of carbonyl (C=O) groups excluding carboxylic acids is 1. The van der Waals surface area contributed by atoms with Crippen molar-refractivity contribution in [2.45, 2.75) is 0 Å². The molecule has 0 heterocycles. The van der Waals surface area contributed by atoms with E-state index in [0.717, 1.165) is 0 Å². The van der Waals surface area contributed by atoms with Crippen LogP contribution in [0.15, 0.2) is 12.2 Å². The van der Waals surface area contributed by atoms with E-state index < -0.39 is 11.5 Å². The Morgan fingerprint density at radius 3 is 2.12 bits per heavy atom. The van der Waals surface area contributed by atoms with E-state index in [4.69, 9.17) is 5.26 Å². The van der Waals surface area contributed by atoms with E-state index in [1.165, 1.54) is 6.07 Å². The largest absolute Gasteiger partial charge is 1.00 e. The number of aliphatic carboxylic acids is 1. The number of hydrogen-bond acceptors (Lipinski definition) is 3. The van der Waals surface area contributed by atoms with Crippen LogP contribution in [-0.4, -0.2) is 5.97 Å². The molecule has 0 fully saturated rings. The Morgan fingerprint density at radius 2 is 2.12 bits per heavy atom. The minimum atomic E-state index is -1.51. The van der Waals surface area contributed by atoms with E-state index in [0.29, 0.717) is 0 Å². The van der Waals surface area contributed by atoms with Gasteiger partial charge in [0.25, 0.3) is 0 Å². The zero-order chi connectivity index (χ0) is 5.86. The molecular weight excluding hydrogens is 117 g/mol. The number of rotatable bonds is 1. The van der Waals surface area contributed by atoms with Gasteiger partial charge in [0, 0.05) is 0 Å². The van der Waals surface area contributed by atoms with Crippen LogP contribution >= 0.6 is 0 Å². The van der Waals surface area contributed by atoms with Crippen LogP contribution in [0.5, 0.6) is 0 Å². The van der Waals surface area contributed by atoms with Crippen LogP contribution in [0.25, 0.3) is 0 Å². The van der Waals surface area contributed by atoms with Crippen LogP contribution in [0, 0.1) is 11.3 Å². The van der Waals surface area contributed by atoms with E-state index in [2.05, 4.69) is 6.58 Å². The third kappa shape index (κ3) is 3.88. The second-order valence-corrected chi connectivity index (χ2v) is 0.878. The van der Waals surface area contributed by atoms with Gasteiger partial charge in [0.2, 0.25) is 0 Å². The first kappa shape index (κ1) is 10.6. The first-order valence-electron chi connectivity index (χ1n) is 1.49. The van der Waals surface area contributed by atoms with Gasteiger partial charge >= 0.3 is 29.6 Å². The Hall–Kier alpha value is -0.300. The standard InChI is InChI=1S/C4H3NO2.Na/c1-3(2-5)4(6)7;/h1H2,(H,6,7);/q;+1/p-1. The summed E-state index contributed by atoms with van der Waals surface area (Å²) in [7, 11) is 0. The van der Waals surface area contributed by atoms with Gasteiger partial charge in [0.1, 0.15) is 6.07 Å². The molecule has 36 valence electrons. The number of nitriles is 1. The van der Waals surface area contributed by atoms with Crippen LogP contribution in [0.1, 0.15) is 0 Å². The van der Waals surface area contributed by atoms with E-state index in [1.54, 1.807) is 0 Å². The number of carboxylic acids is 1. The average molecular weight is 119 g/mol. The van der Waals surface area contributed by atoms with Crippen molar-refractivity contribution >= 4 is 5.97 Å². The van der Waals surface area contributed by atoms with E-state index in [9.17, 15) is 9.90 Å². The molecule has 0 N–H and O–H groups in total.